The highest BCUT2D eigenvalue weighted by Gasteiger charge is 2.22. The molecule has 0 amide bonds. The molecule has 0 fully saturated rings. The predicted molar refractivity (Wildman–Crippen MR) is 329 cm³/mol. The van der Waals surface area contributed by atoms with Gasteiger partial charge >= 0.3 is 0 Å². The van der Waals surface area contributed by atoms with Crippen LogP contribution in [-0.2, 0) is 0 Å². The van der Waals surface area contributed by atoms with E-state index in [1.807, 2.05) is 11.3 Å². The van der Waals surface area contributed by atoms with Gasteiger partial charge in [0.1, 0.15) is 11.2 Å². The maximum absolute atomic E-state index is 6.76. The normalized spacial score (nSPS) is 11.6. The molecule has 2 aromatic heterocycles. The fourth-order valence-electron chi connectivity index (χ4n) is 11.6. The molecule has 0 unspecified atom stereocenters. The third-order valence-electron chi connectivity index (χ3n) is 15.2. The predicted octanol–water partition coefficient (Wildman–Crippen LogP) is 21.5. The summed E-state index contributed by atoms with van der Waals surface area (Å²) in [7, 11) is 0. The Morgan fingerprint density at radius 2 is 0.753 bits per heavy atom. The number of rotatable bonds is 10. The van der Waals surface area contributed by atoms with E-state index in [4.69, 9.17) is 4.42 Å². The topological polar surface area (TPSA) is 22.9 Å². The lowest BCUT2D eigenvalue weighted by atomic mass is 9.98. The van der Waals surface area contributed by atoms with Crippen molar-refractivity contribution < 1.29 is 4.42 Å². The fourth-order valence-corrected chi connectivity index (χ4v) is 12.7. The summed E-state index contributed by atoms with van der Waals surface area (Å²) >= 11 is 1.84. The van der Waals surface area contributed by atoms with Crippen molar-refractivity contribution in [3.63, 3.8) is 0 Å². The van der Waals surface area contributed by atoms with Gasteiger partial charge in [-0.25, -0.2) is 0 Å². The first-order chi connectivity index (χ1) is 38.2. The smallest absolute Gasteiger partial charge is 0.137 e. The number of thiophene rings is 1. The maximum atomic E-state index is 6.76. The van der Waals surface area contributed by atoms with Crippen molar-refractivity contribution in [3.8, 4) is 11.1 Å². The van der Waals surface area contributed by atoms with Crippen molar-refractivity contribution in [2.45, 2.75) is 0 Å². The van der Waals surface area contributed by atoms with Crippen LogP contribution >= 0.6 is 11.3 Å². The van der Waals surface area contributed by atoms with Gasteiger partial charge < -0.3 is 19.1 Å². The second-order valence-electron chi connectivity index (χ2n) is 19.7. The molecule has 0 radical (unpaired) electrons. The summed E-state index contributed by atoms with van der Waals surface area (Å²) in [5.41, 5.74) is 13.9. The molecular formula is C72H47N3OS. The van der Waals surface area contributed by atoms with Gasteiger partial charge in [0, 0.05) is 87.9 Å². The summed E-state index contributed by atoms with van der Waals surface area (Å²) in [6.45, 7) is 0. The van der Waals surface area contributed by atoms with Gasteiger partial charge in [-0.2, -0.15) is 0 Å². The number of furan rings is 1. The SMILES string of the molecule is c1ccc(N(c2ccccc2)c2ccc3c(c2)oc2ccc(N(c4ccc5sc6cc(N(c7ccccc7)c7ccc(-c8cccc9ccccc89)cc7)ccc6c5c4)c4cc5ccccc5c5ccccc45)cc23)cc1. The zero-order valence-corrected chi connectivity index (χ0v) is 42.6. The van der Waals surface area contributed by atoms with Crippen molar-refractivity contribution in [2.75, 3.05) is 14.7 Å². The van der Waals surface area contributed by atoms with E-state index in [2.05, 4.69) is 300 Å². The quantitative estimate of drug-likeness (QED) is 0.127. The van der Waals surface area contributed by atoms with Crippen LogP contribution in [0.15, 0.2) is 290 Å². The van der Waals surface area contributed by atoms with E-state index in [0.717, 1.165) is 73.1 Å². The second kappa shape index (κ2) is 18.5. The average molecular weight is 1000 g/mol. The first-order valence-corrected chi connectivity index (χ1v) is 27.0. The molecule has 0 aliphatic heterocycles. The Hall–Kier alpha value is -9.94. The summed E-state index contributed by atoms with van der Waals surface area (Å²) in [5.74, 6) is 0. The third kappa shape index (κ3) is 7.75. The zero-order chi connectivity index (χ0) is 50.8. The van der Waals surface area contributed by atoms with E-state index in [0.29, 0.717) is 0 Å². The van der Waals surface area contributed by atoms with Crippen LogP contribution in [-0.4, -0.2) is 0 Å². The standard InChI is InChI=1S/C72H47N3OS/c1-4-20-51(21-5-1)73(52-22-6-2-7-23-52)57-35-39-64-66-44-55(37-41-69(66)76-70(64)46-57)75(68-43-50-18-11-13-27-61(50)62-28-14-15-29-63(62)68)56-38-42-71-67(45-56)65-40-36-58(47-72(65)77-71)74(53-24-8-3-9-25-53)54-33-31-49(32-34-54)60-30-16-19-48-17-10-12-26-59(48)60/h1-47H. The Balaban J connectivity index is 0.859. The zero-order valence-electron chi connectivity index (χ0n) is 41.8. The number of anilines is 9. The average Bonchev–Trinajstić information content (AvgIpc) is 4.21. The van der Waals surface area contributed by atoms with E-state index in [-0.39, 0.29) is 0 Å². The molecule has 15 aromatic rings. The number of benzene rings is 13. The van der Waals surface area contributed by atoms with Crippen molar-refractivity contribution >= 4 is 137 Å². The highest BCUT2D eigenvalue weighted by molar-refractivity contribution is 7.25. The number of para-hydroxylation sites is 3. The van der Waals surface area contributed by atoms with Gasteiger partial charge in [-0.3, -0.25) is 0 Å². The number of hydrogen-bond donors (Lipinski definition) is 0. The maximum Gasteiger partial charge on any atom is 0.137 e. The molecule has 0 saturated carbocycles. The van der Waals surface area contributed by atoms with E-state index in [9.17, 15) is 0 Å². The summed E-state index contributed by atoms with van der Waals surface area (Å²) < 4.78 is 9.23. The number of hydrogen-bond acceptors (Lipinski definition) is 5. The minimum Gasteiger partial charge on any atom is -0.456 e. The largest absolute Gasteiger partial charge is 0.456 e. The summed E-state index contributed by atoms with van der Waals surface area (Å²) in [6, 6.07) is 103. The van der Waals surface area contributed by atoms with E-state index >= 15 is 0 Å². The van der Waals surface area contributed by atoms with E-state index < -0.39 is 0 Å². The molecule has 0 spiro atoms. The highest BCUT2D eigenvalue weighted by atomic mass is 32.1. The minimum atomic E-state index is 0.837. The van der Waals surface area contributed by atoms with Gasteiger partial charge in [-0.1, -0.05) is 164 Å². The first kappa shape index (κ1) is 44.5. The number of fused-ring (bicyclic) bond motifs is 10. The summed E-state index contributed by atoms with van der Waals surface area (Å²) in [6.07, 6.45) is 0. The Kier molecular flexibility index (Phi) is 10.7. The van der Waals surface area contributed by atoms with Crippen LogP contribution in [0, 0.1) is 0 Å². The fraction of sp³-hybridized carbons (Fsp3) is 0. The first-order valence-electron chi connectivity index (χ1n) is 26.1. The van der Waals surface area contributed by atoms with Crippen LogP contribution in [0.3, 0.4) is 0 Å². The van der Waals surface area contributed by atoms with Gasteiger partial charge in [0.25, 0.3) is 0 Å². The van der Waals surface area contributed by atoms with Crippen molar-refractivity contribution in [3.05, 3.63) is 285 Å². The molecule has 0 bridgehead atoms. The van der Waals surface area contributed by atoms with Crippen LogP contribution in [0.1, 0.15) is 0 Å². The van der Waals surface area contributed by atoms with E-state index in [1.165, 1.54) is 63.6 Å². The summed E-state index contributed by atoms with van der Waals surface area (Å²) in [4.78, 5) is 7.10. The number of nitrogens with zero attached hydrogens (tertiary/aromatic N) is 3. The third-order valence-corrected chi connectivity index (χ3v) is 16.3. The van der Waals surface area contributed by atoms with Crippen LogP contribution < -0.4 is 14.7 Å². The molecule has 5 heteroatoms. The monoisotopic (exact) mass is 1000 g/mol. The molecule has 0 aliphatic rings. The van der Waals surface area contributed by atoms with Gasteiger partial charge in [-0.05, 0) is 153 Å². The molecule has 0 N–H and O–H groups in total. The van der Waals surface area contributed by atoms with Gasteiger partial charge in [0.15, 0.2) is 0 Å². The molecule has 77 heavy (non-hydrogen) atoms. The van der Waals surface area contributed by atoms with Gasteiger partial charge in [-0.15, -0.1) is 11.3 Å². The molecule has 2 heterocycles. The lowest BCUT2D eigenvalue weighted by Crippen LogP contribution is -2.10. The van der Waals surface area contributed by atoms with Crippen molar-refractivity contribution in [2.24, 2.45) is 0 Å². The van der Waals surface area contributed by atoms with Crippen molar-refractivity contribution in [1.29, 1.82) is 0 Å². The highest BCUT2D eigenvalue weighted by Crippen LogP contribution is 2.48. The summed E-state index contributed by atoms with van der Waals surface area (Å²) in [5, 5.41) is 11.9. The molecule has 0 atom stereocenters. The van der Waals surface area contributed by atoms with Crippen LogP contribution in [0.25, 0.3) is 85.6 Å². The van der Waals surface area contributed by atoms with Crippen LogP contribution in [0.5, 0.6) is 0 Å². The van der Waals surface area contributed by atoms with E-state index in [1.54, 1.807) is 0 Å². The molecule has 362 valence electrons. The van der Waals surface area contributed by atoms with Crippen LogP contribution in [0.2, 0.25) is 0 Å². The molecule has 13 aromatic carbocycles. The Morgan fingerprint density at radius 3 is 1.45 bits per heavy atom. The Morgan fingerprint density at radius 1 is 0.247 bits per heavy atom. The Labute approximate surface area is 449 Å². The molecule has 15 rings (SSSR count). The lowest BCUT2D eigenvalue weighted by molar-refractivity contribution is 0.669. The van der Waals surface area contributed by atoms with Gasteiger partial charge in [0.2, 0.25) is 0 Å². The van der Waals surface area contributed by atoms with Crippen molar-refractivity contribution in [1.82, 2.24) is 0 Å². The Bertz CT molecular complexity index is 4660. The second-order valence-corrected chi connectivity index (χ2v) is 20.8. The molecule has 4 nitrogen and oxygen atoms in total. The molecule has 0 saturated heterocycles. The minimum absolute atomic E-state index is 0.837. The van der Waals surface area contributed by atoms with Gasteiger partial charge in [0.05, 0.1) is 5.69 Å². The molecular weight excluding hydrogens is 955 g/mol. The molecule has 0 aliphatic carbocycles. The lowest BCUT2D eigenvalue weighted by Gasteiger charge is -2.28. The van der Waals surface area contributed by atoms with Crippen LogP contribution in [0.4, 0.5) is 51.2 Å².